The third-order valence-electron chi connectivity index (χ3n) is 1.83. The molecule has 84 valence electrons. The third kappa shape index (κ3) is 2.00. The topological polar surface area (TPSA) is 67.7 Å². The number of aromatic nitrogens is 2. The third-order valence-corrected chi connectivity index (χ3v) is 2.68. The quantitative estimate of drug-likeness (QED) is 0.726. The van der Waals surface area contributed by atoms with Crippen molar-refractivity contribution in [2.24, 2.45) is 5.10 Å². The van der Waals surface area contributed by atoms with Gasteiger partial charge in [0.05, 0.1) is 0 Å². The number of rotatable bonds is 1. The number of alkyl halides is 1. The van der Waals surface area contributed by atoms with Gasteiger partial charge in [-0.25, -0.2) is 15.0 Å². The van der Waals surface area contributed by atoms with Crippen molar-refractivity contribution in [2.45, 2.75) is 5.01 Å². The Morgan fingerprint density at radius 3 is 2.81 bits per heavy atom. The number of hydrogen-bond acceptors (Lipinski definition) is 5. The molecule has 0 saturated heterocycles. The summed E-state index contributed by atoms with van der Waals surface area (Å²) in [6, 6.07) is 0. The smallest absolute Gasteiger partial charge is 0.294 e. The molecule has 0 radical (unpaired) electrons. The molecule has 0 N–H and O–H groups in total. The van der Waals surface area contributed by atoms with E-state index in [4.69, 9.17) is 16.3 Å². The van der Waals surface area contributed by atoms with E-state index in [1.807, 2.05) is 0 Å². The Hall–Kier alpha value is -1.21. The average Bonchev–Trinajstić information content (AvgIpc) is 2.26. The number of nitrogens with zero attached hydrogens (tertiary/aromatic N) is 4. The average molecular weight is 306 g/mol. The van der Waals surface area contributed by atoms with Crippen molar-refractivity contribution in [3.63, 3.8) is 0 Å². The molecule has 0 saturated carbocycles. The molecule has 1 aliphatic rings. The molecule has 1 unspecified atom stereocenters. The van der Waals surface area contributed by atoms with Gasteiger partial charge in [0.15, 0.2) is 10.8 Å². The molecule has 6 nitrogen and oxygen atoms in total. The van der Waals surface area contributed by atoms with Gasteiger partial charge in [0.2, 0.25) is 5.01 Å². The molecule has 2 heterocycles. The minimum atomic E-state index is -0.789. The highest BCUT2D eigenvalue weighted by Gasteiger charge is 2.30. The fourth-order valence-electron chi connectivity index (χ4n) is 1.07. The van der Waals surface area contributed by atoms with E-state index in [0.29, 0.717) is 5.69 Å². The van der Waals surface area contributed by atoms with Gasteiger partial charge in [0.25, 0.3) is 11.8 Å². The largest absolute Gasteiger partial charge is 0.450 e. The second-order valence-corrected chi connectivity index (χ2v) is 4.09. The first-order valence-corrected chi connectivity index (χ1v) is 5.52. The lowest BCUT2D eigenvalue weighted by atomic mass is 10.4. The van der Waals surface area contributed by atoms with Crippen LogP contribution in [0.3, 0.4) is 0 Å². The van der Waals surface area contributed by atoms with E-state index >= 15 is 0 Å². The zero-order valence-corrected chi connectivity index (χ0v) is 10.4. The minimum absolute atomic E-state index is 0.155. The van der Waals surface area contributed by atoms with E-state index < -0.39 is 5.01 Å². The molecule has 1 aromatic heterocycles. The maximum atomic E-state index is 11.4. The molecular formula is C8H6BrClN4O2. The van der Waals surface area contributed by atoms with Gasteiger partial charge in [-0.3, -0.25) is 4.79 Å². The summed E-state index contributed by atoms with van der Waals surface area (Å²) in [5, 5.41) is 4.44. The van der Waals surface area contributed by atoms with Crippen molar-refractivity contribution in [2.75, 3.05) is 7.05 Å². The predicted molar refractivity (Wildman–Crippen MR) is 60.1 cm³/mol. The molecule has 0 bridgehead atoms. The number of halogens is 2. The highest BCUT2D eigenvalue weighted by molar-refractivity contribution is 9.09. The van der Waals surface area contributed by atoms with Crippen LogP contribution in [0.15, 0.2) is 17.5 Å². The van der Waals surface area contributed by atoms with Crippen molar-refractivity contribution >= 4 is 39.3 Å². The van der Waals surface area contributed by atoms with Crippen LogP contribution in [0.4, 0.5) is 0 Å². The summed E-state index contributed by atoms with van der Waals surface area (Å²) in [4.78, 5) is 19.2. The van der Waals surface area contributed by atoms with Crippen LogP contribution in [-0.2, 0) is 9.53 Å². The summed E-state index contributed by atoms with van der Waals surface area (Å²) < 4.78 is 5.22. The molecule has 0 fully saturated rings. The van der Waals surface area contributed by atoms with E-state index in [2.05, 4.69) is 31.0 Å². The standard InChI is InChI=1S/C8H6BrClN4O2/c1-14-8(15)5(9)16-7(13-14)4-6(10)12-3-2-11-4/h2-3,5H,1H3. The summed E-state index contributed by atoms with van der Waals surface area (Å²) >= 11 is 8.91. The lowest BCUT2D eigenvalue weighted by Gasteiger charge is -2.23. The van der Waals surface area contributed by atoms with Crippen molar-refractivity contribution in [1.82, 2.24) is 15.0 Å². The number of likely N-dealkylation sites (N-methyl/N-ethyl adjacent to an activating group) is 1. The van der Waals surface area contributed by atoms with Gasteiger partial charge >= 0.3 is 0 Å². The Balaban J connectivity index is 2.39. The van der Waals surface area contributed by atoms with Gasteiger partial charge in [-0.15, -0.1) is 5.10 Å². The van der Waals surface area contributed by atoms with Crippen molar-refractivity contribution in [3.05, 3.63) is 23.2 Å². The molecule has 8 heteroatoms. The van der Waals surface area contributed by atoms with Crippen molar-refractivity contribution < 1.29 is 9.53 Å². The zero-order chi connectivity index (χ0) is 11.7. The molecule has 1 amide bonds. The van der Waals surface area contributed by atoms with Crippen LogP contribution >= 0.6 is 27.5 Å². The molecule has 0 spiro atoms. The predicted octanol–water partition coefficient (Wildman–Crippen LogP) is 1.00. The van der Waals surface area contributed by atoms with Crippen LogP contribution in [-0.4, -0.2) is 38.8 Å². The number of ether oxygens (including phenoxy) is 1. The van der Waals surface area contributed by atoms with Crippen molar-refractivity contribution in [1.29, 1.82) is 0 Å². The van der Waals surface area contributed by atoms with Gasteiger partial charge in [-0.05, 0) is 15.9 Å². The number of carbonyl (C=O) groups is 1. The van der Waals surface area contributed by atoms with E-state index in [-0.39, 0.29) is 17.0 Å². The Morgan fingerprint density at radius 1 is 1.50 bits per heavy atom. The van der Waals surface area contributed by atoms with Gasteiger partial charge in [0.1, 0.15) is 0 Å². The Labute approximate surface area is 104 Å². The molecule has 2 rings (SSSR count). The lowest BCUT2D eigenvalue weighted by Crippen LogP contribution is -2.39. The Bertz CT molecular complexity index is 467. The molecule has 16 heavy (non-hydrogen) atoms. The van der Waals surface area contributed by atoms with E-state index in [1.165, 1.54) is 19.4 Å². The number of amides is 1. The number of hydrogen-bond donors (Lipinski definition) is 0. The fraction of sp³-hybridized carbons (Fsp3) is 0.250. The van der Waals surface area contributed by atoms with Crippen LogP contribution in [0.25, 0.3) is 0 Å². The van der Waals surface area contributed by atoms with Crippen molar-refractivity contribution in [3.8, 4) is 0 Å². The highest BCUT2D eigenvalue weighted by atomic mass is 79.9. The zero-order valence-electron chi connectivity index (χ0n) is 8.09. The minimum Gasteiger partial charge on any atom is -0.450 e. The normalized spacial score (nSPS) is 20.4. The first-order valence-electron chi connectivity index (χ1n) is 4.23. The fourth-order valence-corrected chi connectivity index (χ4v) is 1.73. The van der Waals surface area contributed by atoms with Gasteiger partial charge in [-0.2, -0.15) is 0 Å². The van der Waals surface area contributed by atoms with E-state index in [9.17, 15) is 4.79 Å². The number of hydrazone groups is 1. The summed E-state index contributed by atoms with van der Waals surface area (Å²) in [7, 11) is 1.52. The molecular weight excluding hydrogens is 299 g/mol. The SMILES string of the molecule is CN1N=C(c2nccnc2Cl)OC(Br)C1=O. The molecule has 0 aromatic carbocycles. The molecule has 1 aromatic rings. The van der Waals surface area contributed by atoms with Gasteiger partial charge < -0.3 is 4.74 Å². The molecule has 1 atom stereocenters. The Kier molecular flexibility index (Phi) is 3.06. The first kappa shape index (κ1) is 11.3. The lowest BCUT2D eigenvalue weighted by molar-refractivity contribution is -0.135. The second kappa shape index (κ2) is 4.34. The molecule has 0 aliphatic carbocycles. The van der Waals surface area contributed by atoms with Gasteiger partial charge in [0, 0.05) is 19.4 Å². The monoisotopic (exact) mass is 304 g/mol. The first-order chi connectivity index (χ1) is 7.59. The summed E-state index contributed by atoms with van der Waals surface area (Å²) in [6.45, 7) is 0. The maximum Gasteiger partial charge on any atom is 0.294 e. The van der Waals surface area contributed by atoms with Crippen LogP contribution < -0.4 is 0 Å². The highest BCUT2D eigenvalue weighted by Crippen LogP contribution is 2.19. The van der Waals surface area contributed by atoms with Gasteiger partial charge in [-0.1, -0.05) is 11.6 Å². The van der Waals surface area contributed by atoms with Crippen LogP contribution in [0.2, 0.25) is 5.15 Å². The number of carbonyl (C=O) groups excluding carboxylic acids is 1. The van der Waals surface area contributed by atoms with Crippen LogP contribution in [0.5, 0.6) is 0 Å². The van der Waals surface area contributed by atoms with Crippen LogP contribution in [0.1, 0.15) is 5.69 Å². The summed E-state index contributed by atoms with van der Waals surface area (Å²) in [5.74, 6) is -0.147. The molecule has 1 aliphatic heterocycles. The summed E-state index contributed by atoms with van der Waals surface area (Å²) in [6.07, 6.45) is 2.92. The second-order valence-electron chi connectivity index (χ2n) is 2.90. The summed E-state index contributed by atoms with van der Waals surface area (Å²) in [5.41, 5.74) is 0.299. The van der Waals surface area contributed by atoms with E-state index in [0.717, 1.165) is 5.01 Å². The van der Waals surface area contributed by atoms with E-state index in [1.54, 1.807) is 0 Å². The Morgan fingerprint density at radius 2 is 2.19 bits per heavy atom. The maximum absolute atomic E-state index is 11.4. The van der Waals surface area contributed by atoms with Crippen LogP contribution in [0, 0.1) is 0 Å².